The number of hydrogen-bond acceptors (Lipinski definition) is 6. The molecule has 9 heteroatoms. The number of fused-ring (bicyclic) bond motifs is 4. The van der Waals surface area contributed by atoms with Gasteiger partial charge in [0, 0.05) is 11.9 Å². The van der Waals surface area contributed by atoms with Crippen molar-refractivity contribution in [2.75, 3.05) is 0 Å². The van der Waals surface area contributed by atoms with Crippen LogP contribution in [-0.4, -0.2) is 28.7 Å². The molecule has 0 unspecified atom stereocenters. The van der Waals surface area contributed by atoms with Crippen molar-refractivity contribution in [1.82, 2.24) is 28.7 Å². The van der Waals surface area contributed by atoms with E-state index < -0.39 is 0 Å². The lowest BCUT2D eigenvalue weighted by Crippen LogP contribution is -2.23. The topological polar surface area (TPSA) is 87.1 Å². The van der Waals surface area contributed by atoms with Crippen LogP contribution in [0.4, 0.5) is 0 Å². The molecule has 0 radical (unpaired) electrons. The minimum atomic E-state index is -0.139. The van der Waals surface area contributed by atoms with Gasteiger partial charge in [-0.2, -0.15) is 0 Å². The number of hydrogen-bond donors (Lipinski definition) is 0. The number of para-hydroxylation sites is 1. The zero-order valence-electron chi connectivity index (χ0n) is 17.9. The highest BCUT2D eigenvalue weighted by Gasteiger charge is 2.18. The van der Waals surface area contributed by atoms with Gasteiger partial charge in [-0.1, -0.05) is 42.5 Å². The average Bonchev–Trinajstić information content (AvgIpc) is 3.41. The Balaban J connectivity index is 1.53. The molecule has 0 aliphatic heterocycles. The van der Waals surface area contributed by atoms with Gasteiger partial charge in [0.25, 0.3) is 11.1 Å². The van der Waals surface area contributed by atoms with Crippen molar-refractivity contribution in [1.29, 1.82) is 0 Å². The van der Waals surface area contributed by atoms with Crippen LogP contribution in [0.15, 0.2) is 70.5 Å². The second kappa shape index (κ2) is 7.21. The smallest absolute Gasteiger partial charge is 0.262 e. The summed E-state index contributed by atoms with van der Waals surface area (Å²) < 4.78 is 4.84. The predicted octanol–water partition coefficient (Wildman–Crippen LogP) is 3.38. The van der Waals surface area contributed by atoms with Gasteiger partial charge in [0.1, 0.15) is 4.83 Å². The van der Waals surface area contributed by atoms with Gasteiger partial charge in [0.05, 0.1) is 29.2 Å². The zero-order chi connectivity index (χ0) is 22.7. The van der Waals surface area contributed by atoms with Gasteiger partial charge >= 0.3 is 0 Å². The first kappa shape index (κ1) is 19.6. The molecular weight excluding hydrogens is 436 g/mol. The van der Waals surface area contributed by atoms with E-state index in [4.69, 9.17) is 0 Å². The maximum absolute atomic E-state index is 13.5. The quantitative estimate of drug-likeness (QED) is 0.409. The van der Waals surface area contributed by atoms with Crippen LogP contribution in [0.5, 0.6) is 0 Å². The van der Waals surface area contributed by atoms with Crippen molar-refractivity contribution in [3.05, 3.63) is 93.0 Å². The molecule has 2 aromatic carbocycles. The van der Waals surface area contributed by atoms with E-state index in [2.05, 4.69) is 15.2 Å². The summed E-state index contributed by atoms with van der Waals surface area (Å²) in [5.41, 5.74) is 2.43. The summed E-state index contributed by atoms with van der Waals surface area (Å²) >= 11 is 1.52. The van der Waals surface area contributed by atoms with Crippen molar-refractivity contribution in [2.45, 2.75) is 13.5 Å². The average molecular weight is 455 g/mol. The fraction of sp³-hybridized carbons (Fsp3) is 0.125. The van der Waals surface area contributed by atoms with Crippen LogP contribution in [0.2, 0.25) is 0 Å². The Labute approximate surface area is 191 Å². The van der Waals surface area contributed by atoms with Gasteiger partial charge in [-0.05, 0) is 30.2 Å². The summed E-state index contributed by atoms with van der Waals surface area (Å²) in [7, 11) is 1.67. The maximum atomic E-state index is 13.5. The Morgan fingerprint density at radius 3 is 2.52 bits per heavy atom. The number of rotatable bonds is 3. The minimum absolute atomic E-state index is 0.123. The molecule has 33 heavy (non-hydrogen) atoms. The molecule has 162 valence electrons. The van der Waals surface area contributed by atoms with E-state index in [1.807, 2.05) is 59.9 Å². The van der Waals surface area contributed by atoms with Gasteiger partial charge in [-0.3, -0.25) is 23.1 Å². The van der Waals surface area contributed by atoms with Crippen LogP contribution in [0.3, 0.4) is 0 Å². The van der Waals surface area contributed by atoms with Crippen LogP contribution in [-0.2, 0) is 13.6 Å². The van der Waals surface area contributed by atoms with E-state index in [1.54, 1.807) is 24.0 Å². The number of benzene rings is 2. The molecule has 0 fully saturated rings. The van der Waals surface area contributed by atoms with E-state index in [0.717, 1.165) is 16.0 Å². The van der Waals surface area contributed by atoms with Crippen molar-refractivity contribution in [3.63, 3.8) is 0 Å². The lowest BCUT2D eigenvalue weighted by Gasteiger charge is -2.09. The molecule has 6 aromatic rings. The second-order valence-electron chi connectivity index (χ2n) is 7.91. The van der Waals surface area contributed by atoms with E-state index >= 15 is 0 Å². The van der Waals surface area contributed by atoms with Gasteiger partial charge in [0.2, 0.25) is 5.78 Å². The monoisotopic (exact) mass is 454 g/mol. The molecule has 6 rings (SSSR count). The highest BCUT2D eigenvalue weighted by atomic mass is 32.1. The number of thiophene rings is 1. The largest absolute Gasteiger partial charge is 0.291 e. The number of aromatic nitrogens is 6. The van der Waals surface area contributed by atoms with Crippen molar-refractivity contribution >= 4 is 38.2 Å². The zero-order valence-corrected chi connectivity index (χ0v) is 18.7. The van der Waals surface area contributed by atoms with E-state index in [1.165, 1.54) is 15.9 Å². The van der Waals surface area contributed by atoms with Gasteiger partial charge in [-0.25, -0.2) is 4.98 Å². The molecule has 4 heterocycles. The molecule has 0 atom stereocenters. The second-order valence-corrected chi connectivity index (χ2v) is 8.91. The molecule has 0 aliphatic carbocycles. The third-order valence-electron chi connectivity index (χ3n) is 5.96. The van der Waals surface area contributed by atoms with Crippen molar-refractivity contribution in [2.24, 2.45) is 7.05 Å². The number of aryl methyl sites for hydroxylation is 2. The molecular formula is C24H18N6O2S. The highest BCUT2D eigenvalue weighted by molar-refractivity contribution is 7.22. The maximum Gasteiger partial charge on any atom is 0.262 e. The first-order valence-corrected chi connectivity index (χ1v) is 11.2. The molecule has 0 saturated heterocycles. The Morgan fingerprint density at radius 1 is 0.939 bits per heavy atom. The third-order valence-corrected chi connectivity index (χ3v) is 7.21. The molecule has 4 aromatic heterocycles. The van der Waals surface area contributed by atoms with E-state index in [9.17, 15) is 9.59 Å². The first-order valence-electron chi connectivity index (χ1n) is 10.4. The predicted molar refractivity (Wildman–Crippen MR) is 129 cm³/mol. The Morgan fingerprint density at radius 2 is 1.70 bits per heavy atom. The van der Waals surface area contributed by atoms with Gasteiger partial charge in [0.15, 0.2) is 5.82 Å². The molecule has 0 saturated carbocycles. The fourth-order valence-corrected chi connectivity index (χ4v) is 5.43. The fourth-order valence-electron chi connectivity index (χ4n) is 4.28. The van der Waals surface area contributed by atoms with Crippen LogP contribution < -0.4 is 11.1 Å². The number of nitrogens with zero attached hydrogens (tertiary/aromatic N) is 6. The SMILES string of the molecule is Cc1c(-c2ccccc2)sc2ncn(Cc3nnc4n(C)c(=O)c5ccccc5n34)c(=O)c12. The van der Waals surface area contributed by atoms with Crippen LogP contribution in [0.25, 0.3) is 37.3 Å². The normalized spacial score (nSPS) is 11.7. The first-order chi connectivity index (χ1) is 16.0. The van der Waals surface area contributed by atoms with Crippen molar-refractivity contribution in [3.8, 4) is 10.4 Å². The summed E-state index contributed by atoms with van der Waals surface area (Å²) in [4.78, 5) is 32.5. The molecule has 8 nitrogen and oxygen atoms in total. The molecule has 0 amide bonds. The van der Waals surface area contributed by atoms with E-state index in [0.29, 0.717) is 32.7 Å². The lowest BCUT2D eigenvalue weighted by molar-refractivity contribution is 0.701. The van der Waals surface area contributed by atoms with Gasteiger partial charge in [-0.15, -0.1) is 21.5 Å². The Hall–Kier alpha value is -4.11. The molecule has 0 spiro atoms. The molecule has 0 bridgehead atoms. The van der Waals surface area contributed by atoms with Crippen molar-refractivity contribution < 1.29 is 0 Å². The van der Waals surface area contributed by atoms with Crippen LogP contribution in [0.1, 0.15) is 11.4 Å². The summed E-state index contributed by atoms with van der Waals surface area (Å²) in [6.45, 7) is 2.14. The standard InChI is InChI=1S/C24H18N6O2S/c1-14-19-21(33-20(14)15-8-4-3-5-9-15)25-13-29(23(19)32)12-18-26-27-24-28(2)22(31)16-10-6-7-11-17(16)30(18)24/h3-11,13H,12H2,1-2H3. The van der Waals surface area contributed by atoms with E-state index in [-0.39, 0.29) is 17.7 Å². The molecule has 0 N–H and O–H groups in total. The van der Waals surface area contributed by atoms with Gasteiger partial charge < -0.3 is 0 Å². The summed E-state index contributed by atoms with van der Waals surface area (Å²) in [6.07, 6.45) is 1.56. The summed E-state index contributed by atoms with van der Waals surface area (Å²) in [5, 5.41) is 9.71. The summed E-state index contributed by atoms with van der Waals surface area (Å²) in [6, 6.07) is 17.3. The summed E-state index contributed by atoms with van der Waals surface area (Å²) in [5.74, 6) is 0.977. The lowest BCUT2D eigenvalue weighted by atomic mass is 10.1. The third kappa shape index (κ3) is 2.86. The van der Waals surface area contributed by atoms with Crippen LogP contribution >= 0.6 is 11.3 Å². The molecule has 0 aliphatic rings. The minimum Gasteiger partial charge on any atom is -0.291 e. The Bertz CT molecular complexity index is 1810. The Kier molecular flexibility index (Phi) is 4.27. The van der Waals surface area contributed by atoms with Crippen LogP contribution in [0, 0.1) is 6.92 Å². The highest BCUT2D eigenvalue weighted by Crippen LogP contribution is 2.35.